The van der Waals surface area contributed by atoms with E-state index in [0.29, 0.717) is 0 Å². The number of aromatic nitrogens is 4. The van der Waals surface area contributed by atoms with Crippen LogP contribution in [0.15, 0.2) is 146 Å². The molecule has 0 aliphatic carbocycles. The Kier molecular flexibility index (Phi) is 10.3. The van der Waals surface area contributed by atoms with Gasteiger partial charge in [0.2, 0.25) is 0 Å². The maximum Gasteiger partial charge on any atom is 0.273 e. The molecule has 0 unspecified atom stereocenters. The molecule has 1 radical (unpaired) electrons. The van der Waals surface area contributed by atoms with Crippen molar-refractivity contribution in [3.05, 3.63) is 159 Å². The van der Waals surface area contributed by atoms with Crippen molar-refractivity contribution in [2.45, 2.75) is 0 Å². The van der Waals surface area contributed by atoms with E-state index in [0.717, 1.165) is 34.0 Å². The van der Waals surface area contributed by atoms with Crippen LogP contribution in [0.3, 0.4) is 0 Å². The third-order valence-corrected chi connectivity index (χ3v) is 7.71. The molecule has 8 heteroatoms. The second-order valence-electron chi connectivity index (χ2n) is 10.6. The van der Waals surface area contributed by atoms with Gasteiger partial charge in [0.25, 0.3) is 12.0 Å². The van der Waals surface area contributed by atoms with E-state index in [-0.39, 0.29) is 32.5 Å². The molecule has 1 aliphatic heterocycles. The van der Waals surface area contributed by atoms with Gasteiger partial charge in [-0.2, -0.15) is 29.4 Å². The van der Waals surface area contributed by atoms with E-state index < -0.39 is 0 Å². The molecular weight excluding hydrogens is 768 g/mol. The standard InChI is InChI=1S/C19H16N3.C19H15N3.ClH.Ir/c2*1-21-14-22(19-18(21)11-6-12-20-19)17-10-5-9-16(13-17)15-7-3-2-4-8-15;;/h2-14H,1H3;2-9,11-14H,1H3;1H;/q+1;-2;;/p-1. The maximum absolute atomic E-state index is 4.52. The molecule has 0 fully saturated rings. The van der Waals surface area contributed by atoms with Crippen molar-refractivity contribution in [2.75, 3.05) is 16.8 Å². The Hall–Kier alpha value is -4.81. The van der Waals surface area contributed by atoms with Crippen LogP contribution in [0.4, 0.5) is 17.2 Å². The van der Waals surface area contributed by atoms with Gasteiger partial charge in [-0.25, -0.2) is 14.5 Å². The molecule has 6 nitrogen and oxygen atoms in total. The normalized spacial score (nSPS) is 11.6. The summed E-state index contributed by atoms with van der Waals surface area (Å²) in [6, 6.07) is 46.9. The predicted molar refractivity (Wildman–Crippen MR) is 177 cm³/mol. The summed E-state index contributed by atoms with van der Waals surface area (Å²) in [7, 11) is 4.07. The number of halogens is 1. The number of imidazole rings is 1. The summed E-state index contributed by atoms with van der Waals surface area (Å²) in [5.74, 6) is 0.937. The van der Waals surface area contributed by atoms with Crippen LogP contribution in [0.25, 0.3) is 39.1 Å². The number of rotatable bonds is 4. The summed E-state index contributed by atoms with van der Waals surface area (Å²) in [4.78, 5) is 13.2. The van der Waals surface area contributed by atoms with Crippen LogP contribution in [0.2, 0.25) is 0 Å². The minimum Gasteiger partial charge on any atom is -1.00 e. The average Bonchev–Trinajstić information content (AvgIpc) is 3.62. The molecule has 46 heavy (non-hydrogen) atoms. The number of aryl methyl sites for hydroxylation is 1. The first-order chi connectivity index (χ1) is 21.7. The van der Waals surface area contributed by atoms with E-state index >= 15 is 0 Å². The van der Waals surface area contributed by atoms with Crippen LogP contribution in [0.1, 0.15) is 0 Å². The minimum absolute atomic E-state index is 0. The second kappa shape index (κ2) is 14.5. The number of hydrogen-bond acceptors (Lipinski definition) is 4. The third kappa shape index (κ3) is 6.58. The maximum atomic E-state index is 4.52. The Morgan fingerprint density at radius 2 is 1.35 bits per heavy atom. The third-order valence-electron chi connectivity index (χ3n) is 7.71. The van der Waals surface area contributed by atoms with Crippen LogP contribution in [-0.2, 0) is 27.2 Å². The van der Waals surface area contributed by atoms with Gasteiger partial charge in [-0.15, -0.1) is 17.3 Å². The summed E-state index contributed by atoms with van der Waals surface area (Å²) in [6.07, 6.45) is 5.72. The van der Waals surface area contributed by atoms with E-state index in [4.69, 9.17) is 0 Å². The Morgan fingerprint density at radius 3 is 2.09 bits per heavy atom. The summed E-state index contributed by atoms with van der Waals surface area (Å²) in [6.45, 7) is 2.04. The largest absolute Gasteiger partial charge is 1.00 e. The van der Waals surface area contributed by atoms with Gasteiger partial charge in [0.05, 0.1) is 7.05 Å². The van der Waals surface area contributed by atoms with Gasteiger partial charge >= 0.3 is 0 Å². The van der Waals surface area contributed by atoms with Crippen LogP contribution in [0.5, 0.6) is 0 Å². The molecule has 231 valence electrons. The van der Waals surface area contributed by atoms with Gasteiger partial charge in [0.1, 0.15) is 11.5 Å². The fourth-order valence-electron chi connectivity index (χ4n) is 5.51. The molecule has 0 N–H and O–H groups in total. The smallest absolute Gasteiger partial charge is 0.273 e. The van der Waals surface area contributed by atoms with Gasteiger partial charge in [-0.3, -0.25) is 0 Å². The van der Waals surface area contributed by atoms with Gasteiger partial charge in [0, 0.05) is 38.2 Å². The molecule has 4 heterocycles. The molecule has 0 saturated carbocycles. The molecule has 1 aliphatic rings. The van der Waals surface area contributed by atoms with Crippen molar-refractivity contribution in [3.63, 3.8) is 0 Å². The number of fused-ring (bicyclic) bond motifs is 2. The molecule has 0 atom stereocenters. The van der Waals surface area contributed by atoms with E-state index in [1.165, 1.54) is 22.3 Å². The van der Waals surface area contributed by atoms with Crippen molar-refractivity contribution in [3.8, 4) is 27.9 Å². The van der Waals surface area contributed by atoms with E-state index in [2.05, 4.69) is 138 Å². The fourth-order valence-corrected chi connectivity index (χ4v) is 5.51. The number of hydrogen-bond donors (Lipinski definition) is 0. The van der Waals surface area contributed by atoms with Crippen LogP contribution in [-0.4, -0.2) is 21.6 Å². The zero-order valence-electron chi connectivity index (χ0n) is 25.3. The molecule has 7 aromatic rings. The van der Waals surface area contributed by atoms with Crippen LogP contribution >= 0.6 is 0 Å². The van der Waals surface area contributed by atoms with E-state index in [9.17, 15) is 0 Å². The predicted octanol–water partition coefficient (Wildman–Crippen LogP) is 4.77. The molecule has 4 aromatic carbocycles. The minimum atomic E-state index is 0. The average molecular weight is 799 g/mol. The summed E-state index contributed by atoms with van der Waals surface area (Å²) < 4.78 is 4.22. The van der Waals surface area contributed by atoms with Crippen molar-refractivity contribution in [1.29, 1.82) is 0 Å². The molecule has 0 saturated heterocycles. The second-order valence-corrected chi connectivity index (χ2v) is 10.6. The number of anilines is 3. The van der Waals surface area contributed by atoms with Gasteiger partial charge in [-0.1, -0.05) is 72.8 Å². The first kappa shape index (κ1) is 32.6. The number of benzene rings is 4. The Balaban J connectivity index is 0.000000174. The van der Waals surface area contributed by atoms with Gasteiger partial charge < -0.3 is 22.2 Å². The van der Waals surface area contributed by atoms with Crippen LogP contribution < -0.4 is 26.8 Å². The van der Waals surface area contributed by atoms with Crippen molar-refractivity contribution in [2.24, 2.45) is 7.05 Å². The monoisotopic (exact) mass is 799 g/mol. The molecule has 0 bridgehead atoms. The van der Waals surface area contributed by atoms with E-state index in [1.807, 2.05) is 63.5 Å². The Morgan fingerprint density at radius 1 is 0.696 bits per heavy atom. The topological polar surface area (TPSA) is 41.1 Å². The SMILES string of the molecule is CN1[CH-]N(c2[c-]ccc(-c3ccccc3)c2)c2ncccc21.C[n+]1cn(-c2cccc(-c3ccccc3)c2)c2ncccc21.[Cl-].[Ir]. The summed E-state index contributed by atoms with van der Waals surface area (Å²) in [5.41, 5.74) is 10.1. The first-order valence-corrected chi connectivity index (χ1v) is 14.5. The molecule has 3 aromatic heterocycles. The van der Waals surface area contributed by atoms with Crippen molar-refractivity contribution >= 4 is 28.4 Å². The fraction of sp³-hybridized carbons (Fsp3) is 0.0526. The van der Waals surface area contributed by atoms with Gasteiger partial charge in [0.15, 0.2) is 5.52 Å². The number of pyridine rings is 2. The molecular formula is C38H31ClIrN6-2. The molecule has 0 spiro atoms. The van der Waals surface area contributed by atoms with E-state index in [1.54, 1.807) is 0 Å². The zero-order chi connectivity index (χ0) is 29.9. The number of nitrogens with zero attached hydrogens (tertiary/aromatic N) is 6. The van der Waals surface area contributed by atoms with Gasteiger partial charge in [-0.05, 0) is 60.1 Å². The Bertz CT molecular complexity index is 2050. The Labute approximate surface area is 289 Å². The zero-order valence-corrected chi connectivity index (χ0v) is 28.5. The van der Waals surface area contributed by atoms with Crippen molar-refractivity contribution in [1.82, 2.24) is 14.5 Å². The molecule has 0 amide bonds. The summed E-state index contributed by atoms with van der Waals surface area (Å²) in [5, 5.41) is 0. The summed E-state index contributed by atoms with van der Waals surface area (Å²) >= 11 is 0. The molecule has 8 rings (SSSR count). The first-order valence-electron chi connectivity index (χ1n) is 14.5. The van der Waals surface area contributed by atoms with Crippen molar-refractivity contribution < 1.29 is 37.1 Å². The van der Waals surface area contributed by atoms with Crippen LogP contribution in [0, 0.1) is 12.7 Å². The quantitative estimate of drug-likeness (QED) is 0.190.